The number of fused-ring (bicyclic) bond motifs is 1. The fourth-order valence-corrected chi connectivity index (χ4v) is 2.56. The van der Waals surface area contributed by atoms with Crippen LogP contribution in [0.1, 0.15) is 34.1 Å². The first kappa shape index (κ1) is 17.1. The van der Waals surface area contributed by atoms with Gasteiger partial charge in [-0.1, -0.05) is 18.5 Å². The predicted octanol–water partition coefficient (Wildman–Crippen LogP) is 3.46. The summed E-state index contributed by atoms with van der Waals surface area (Å²) >= 11 is 6.01. The molecule has 2 aromatic rings. The molecule has 1 aliphatic heterocycles. The maximum Gasteiger partial charge on any atom is 0.255 e. The van der Waals surface area contributed by atoms with Crippen molar-refractivity contribution in [1.82, 2.24) is 5.32 Å². The first-order chi connectivity index (χ1) is 12.1. The van der Waals surface area contributed by atoms with Crippen LogP contribution in [0.2, 0.25) is 5.02 Å². The summed E-state index contributed by atoms with van der Waals surface area (Å²) in [6, 6.07) is 9.64. The number of hydrogen-bond acceptors (Lipinski definition) is 4. The number of carbonyl (C=O) groups is 2. The fraction of sp³-hybridized carbons (Fsp3) is 0.222. The molecule has 0 unspecified atom stereocenters. The number of carbonyl (C=O) groups excluding carboxylic acids is 2. The summed E-state index contributed by atoms with van der Waals surface area (Å²) < 4.78 is 10.5. The highest BCUT2D eigenvalue weighted by molar-refractivity contribution is 6.31. The molecule has 0 fully saturated rings. The van der Waals surface area contributed by atoms with E-state index < -0.39 is 0 Å². The third kappa shape index (κ3) is 3.85. The lowest BCUT2D eigenvalue weighted by Gasteiger charge is -2.12. The number of amides is 2. The molecule has 3 rings (SSSR count). The number of benzene rings is 2. The van der Waals surface area contributed by atoms with Gasteiger partial charge in [0.15, 0.2) is 11.5 Å². The Bertz CT molecular complexity index is 823. The predicted molar refractivity (Wildman–Crippen MR) is 94.6 cm³/mol. The Hall–Kier alpha value is -2.73. The molecule has 2 amide bonds. The van der Waals surface area contributed by atoms with Gasteiger partial charge in [0, 0.05) is 17.1 Å². The number of nitrogens with one attached hydrogen (secondary N) is 2. The van der Waals surface area contributed by atoms with E-state index >= 15 is 0 Å². The van der Waals surface area contributed by atoms with Crippen molar-refractivity contribution in [2.24, 2.45) is 0 Å². The van der Waals surface area contributed by atoms with Crippen molar-refractivity contribution >= 4 is 29.1 Å². The molecule has 0 bridgehead atoms. The van der Waals surface area contributed by atoms with Gasteiger partial charge < -0.3 is 20.1 Å². The number of rotatable bonds is 5. The monoisotopic (exact) mass is 360 g/mol. The molecule has 7 heteroatoms. The van der Waals surface area contributed by atoms with Crippen molar-refractivity contribution in [2.75, 3.05) is 18.7 Å². The Balaban J connectivity index is 1.83. The summed E-state index contributed by atoms with van der Waals surface area (Å²) in [5.74, 6) is 0.475. The van der Waals surface area contributed by atoms with E-state index in [1.54, 1.807) is 36.4 Å². The molecule has 0 atom stereocenters. The van der Waals surface area contributed by atoms with Crippen LogP contribution in [0.25, 0.3) is 0 Å². The fourth-order valence-electron chi connectivity index (χ4n) is 2.38. The lowest BCUT2D eigenvalue weighted by atomic mass is 10.1. The van der Waals surface area contributed by atoms with Crippen molar-refractivity contribution in [1.29, 1.82) is 0 Å². The van der Waals surface area contributed by atoms with E-state index in [9.17, 15) is 9.59 Å². The highest BCUT2D eigenvalue weighted by Gasteiger charge is 2.18. The quantitative estimate of drug-likeness (QED) is 0.856. The minimum atomic E-state index is -0.370. The van der Waals surface area contributed by atoms with Crippen LogP contribution >= 0.6 is 11.6 Å². The van der Waals surface area contributed by atoms with Crippen LogP contribution in [-0.2, 0) is 0 Å². The molecule has 130 valence electrons. The zero-order valence-electron chi connectivity index (χ0n) is 13.6. The van der Waals surface area contributed by atoms with Gasteiger partial charge in [-0.3, -0.25) is 9.59 Å². The molecule has 0 saturated carbocycles. The smallest absolute Gasteiger partial charge is 0.255 e. The molecular weight excluding hydrogens is 344 g/mol. The second-order valence-corrected chi connectivity index (χ2v) is 5.90. The minimum Gasteiger partial charge on any atom is -0.454 e. The molecule has 1 heterocycles. The zero-order chi connectivity index (χ0) is 17.8. The van der Waals surface area contributed by atoms with Crippen molar-refractivity contribution in [3.63, 3.8) is 0 Å². The Kier molecular flexibility index (Phi) is 5.09. The molecular formula is C18H17ClN2O4. The van der Waals surface area contributed by atoms with Crippen molar-refractivity contribution in [3.05, 3.63) is 52.5 Å². The maximum atomic E-state index is 12.5. The summed E-state index contributed by atoms with van der Waals surface area (Å²) in [6.45, 7) is 2.65. The normalized spacial score (nSPS) is 11.9. The van der Waals surface area contributed by atoms with Crippen LogP contribution in [0, 0.1) is 0 Å². The van der Waals surface area contributed by atoms with E-state index in [1.165, 1.54) is 0 Å². The molecule has 2 aromatic carbocycles. The van der Waals surface area contributed by atoms with Gasteiger partial charge in [-0.2, -0.15) is 0 Å². The Morgan fingerprint density at radius 2 is 1.88 bits per heavy atom. The molecule has 2 N–H and O–H groups in total. The van der Waals surface area contributed by atoms with Gasteiger partial charge in [-0.15, -0.1) is 0 Å². The van der Waals surface area contributed by atoms with Crippen LogP contribution in [0.5, 0.6) is 11.5 Å². The number of anilines is 1. The average Bonchev–Trinajstić information content (AvgIpc) is 3.07. The highest BCUT2D eigenvalue weighted by atomic mass is 35.5. The third-order valence-electron chi connectivity index (χ3n) is 3.64. The van der Waals surface area contributed by atoms with Crippen LogP contribution in [0.4, 0.5) is 5.69 Å². The zero-order valence-corrected chi connectivity index (χ0v) is 14.4. The first-order valence-corrected chi connectivity index (χ1v) is 8.25. The number of hydrogen-bond donors (Lipinski definition) is 2. The van der Waals surface area contributed by atoms with Crippen LogP contribution in [0.15, 0.2) is 36.4 Å². The largest absolute Gasteiger partial charge is 0.454 e. The van der Waals surface area contributed by atoms with Crippen molar-refractivity contribution < 1.29 is 19.1 Å². The maximum absolute atomic E-state index is 12.5. The second-order valence-electron chi connectivity index (χ2n) is 5.47. The summed E-state index contributed by atoms with van der Waals surface area (Å²) in [5.41, 5.74) is 1.10. The minimum absolute atomic E-state index is 0.135. The van der Waals surface area contributed by atoms with Gasteiger partial charge in [0.2, 0.25) is 6.79 Å². The molecule has 25 heavy (non-hydrogen) atoms. The van der Waals surface area contributed by atoms with E-state index in [4.69, 9.17) is 21.1 Å². The van der Waals surface area contributed by atoms with Crippen molar-refractivity contribution in [2.45, 2.75) is 13.3 Å². The van der Waals surface area contributed by atoms with Crippen molar-refractivity contribution in [3.8, 4) is 11.5 Å². The van der Waals surface area contributed by atoms with E-state index in [0.717, 1.165) is 6.42 Å². The van der Waals surface area contributed by atoms with Gasteiger partial charge >= 0.3 is 0 Å². The Morgan fingerprint density at radius 3 is 2.68 bits per heavy atom. The van der Waals surface area contributed by atoms with Gasteiger partial charge in [0.1, 0.15) is 0 Å². The number of ether oxygens (including phenoxy) is 2. The summed E-state index contributed by atoms with van der Waals surface area (Å²) in [6.07, 6.45) is 0.818. The molecule has 0 spiro atoms. The van der Waals surface area contributed by atoms with E-state index in [1.807, 2.05) is 6.92 Å². The molecule has 1 aliphatic rings. The lowest BCUT2D eigenvalue weighted by molar-refractivity contribution is 0.0954. The Labute approximate surface area is 150 Å². The molecule has 0 aromatic heterocycles. The van der Waals surface area contributed by atoms with E-state index in [0.29, 0.717) is 39.9 Å². The van der Waals surface area contributed by atoms with Crippen LogP contribution < -0.4 is 20.1 Å². The van der Waals surface area contributed by atoms with Gasteiger partial charge in [0.25, 0.3) is 11.8 Å². The highest BCUT2D eigenvalue weighted by Crippen LogP contribution is 2.33. The second kappa shape index (κ2) is 7.44. The van der Waals surface area contributed by atoms with E-state index in [-0.39, 0.29) is 18.6 Å². The van der Waals surface area contributed by atoms with Gasteiger partial charge in [0.05, 0.1) is 11.3 Å². The topological polar surface area (TPSA) is 76.7 Å². The first-order valence-electron chi connectivity index (χ1n) is 7.87. The SMILES string of the molecule is CCCNC(=O)c1ccc(Cl)cc1NC(=O)c1ccc2c(c1)OCO2. The van der Waals surface area contributed by atoms with Crippen LogP contribution in [0.3, 0.4) is 0 Å². The summed E-state index contributed by atoms with van der Waals surface area (Å²) in [7, 11) is 0. The average molecular weight is 361 g/mol. The van der Waals surface area contributed by atoms with Gasteiger partial charge in [-0.05, 0) is 42.8 Å². The standard InChI is InChI=1S/C18H17ClN2O4/c1-2-7-20-18(23)13-5-4-12(19)9-14(13)21-17(22)11-3-6-15-16(8-11)25-10-24-15/h3-6,8-9H,2,7,10H2,1H3,(H,20,23)(H,21,22). The number of halogens is 1. The van der Waals surface area contributed by atoms with Gasteiger partial charge in [-0.25, -0.2) is 0 Å². The third-order valence-corrected chi connectivity index (χ3v) is 3.88. The molecule has 0 aliphatic carbocycles. The molecule has 0 saturated heterocycles. The van der Waals surface area contributed by atoms with E-state index in [2.05, 4.69) is 10.6 Å². The van der Waals surface area contributed by atoms with Crippen LogP contribution in [-0.4, -0.2) is 25.2 Å². The summed E-state index contributed by atoms with van der Waals surface area (Å²) in [4.78, 5) is 24.8. The molecule has 0 radical (unpaired) electrons. The summed E-state index contributed by atoms with van der Waals surface area (Å²) in [5, 5.41) is 5.95. The molecule has 6 nitrogen and oxygen atoms in total. The Morgan fingerprint density at radius 1 is 1.08 bits per heavy atom. The lowest BCUT2D eigenvalue weighted by Crippen LogP contribution is -2.25.